The van der Waals surface area contributed by atoms with E-state index in [0.717, 1.165) is 5.57 Å². The van der Waals surface area contributed by atoms with E-state index in [0.29, 0.717) is 51.4 Å². The quantitative estimate of drug-likeness (QED) is 0.0535. The summed E-state index contributed by atoms with van der Waals surface area (Å²) in [6.45, 7) is 8.70. The second kappa shape index (κ2) is 29.1. The van der Waals surface area contributed by atoms with Crippen LogP contribution in [0.1, 0.15) is 106 Å². The minimum atomic E-state index is -2.17. The maximum absolute atomic E-state index is 14.8. The molecule has 0 amide bonds. The number of rotatable bonds is 19. The molecule has 0 aromatic rings. The van der Waals surface area contributed by atoms with Crippen molar-refractivity contribution >= 4 is 11.6 Å². The largest absolute Gasteiger partial charge is 0.396 e. The monoisotopic (exact) mass is 1400 g/mol. The first-order valence-electron chi connectivity index (χ1n) is 34.0. The Hall–Kier alpha value is -2.16. The Labute approximate surface area is 559 Å². The maximum atomic E-state index is 14.8. The maximum Gasteiger partial charge on any atom is 0.187 e. The summed E-state index contributed by atoms with van der Waals surface area (Å²) in [6.07, 6.45) is -52.7. The van der Waals surface area contributed by atoms with Crippen molar-refractivity contribution < 1.29 is 163 Å². The molecule has 9 fully saturated rings. The molecule has 7 saturated heterocycles. The summed E-state index contributed by atoms with van der Waals surface area (Å²) < 4.78 is 79.5. The molecule has 0 radical (unpaired) electrons. The number of ketones is 2. The van der Waals surface area contributed by atoms with Gasteiger partial charge in [0.2, 0.25) is 0 Å². The van der Waals surface area contributed by atoms with E-state index in [2.05, 4.69) is 27.7 Å². The first-order chi connectivity index (χ1) is 45.7. The van der Waals surface area contributed by atoms with Crippen molar-refractivity contribution in [3.05, 3.63) is 11.1 Å². The van der Waals surface area contributed by atoms with E-state index >= 15 is 0 Å². The number of aliphatic hydroxyl groups excluding tert-OH is 18. The zero-order chi connectivity index (χ0) is 70.7. The van der Waals surface area contributed by atoms with Gasteiger partial charge in [0.1, 0.15) is 146 Å². The molecular weight excluding hydrogens is 1300 g/mol. The van der Waals surface area contributed by atoms with Gasteiger partial charge >= 0.3 is 0 Å². The summed E-state index contributed by atoms with van der Waals surface area (Å²) in [6, 6.07) is 0. The summed E-state index contributed by atoms with van der Waals surface area (Å²) in [4.78, 5) is 27.9. The lowest BCUT2D eigenvalue weighted by molar-refractivity contribution is -0.414. The molecule has 4 aliphatic carbocycles. The van der Waals surface area contributed by atoms with Crippen molar-refractivity contribution in [2.24, 2.45) is 33.5 Å². The highest BCUT2D eigenvalue weighted by Gasteiger charge is 2.76. The summed E-state index contributed by atoms with van der Waals surface area (Å²) in [5.41, 5.74) is -1.58. The van der Waals surface area contributed by atoms with Crippen molar-refractivity contribution in [2.45, 2.75) is 302 Å². The van der Waals surface area contributed by atoms with Crippen LogP contribution in [0, 0.1) is 33.5 Å². The molecular formula is C64H102O33. The smallest absolute Gasteiger partial charge is 0.187 e. The van der Waals surface area contributed by atoms with Crippen LogP contribution in [0.25, 0.3) is 0 Å². The molecule has 0 bridgehead atoms. The van der Waals surface area contributed by atoms with E-state index in [4.69, 9.17) is 61.6 Å². The highest BCUT2D eigenvalue weighted by Crippen LogP contribution is 2.74. The molecule has 38 atom stereocenters. The van der Waals surface area contributed by atoms with Crippen LogP contribution in [0.2, 0.25) is 0 Å². The number of ether oxygens (including phenoxy) is 13. The highest BCUT2D eigenvalue weighted by atomic mass is 16.8. The molecule has 11 rings (SSSR count). The normalized spacial score (nSPS) is 54.2. The Morgan fingerprint density at radius 2 is 1.04 bits per heavy atom. The Morgan fingerprint density at radius 1 is 0.526 bits per heavy atom. The van der Waals surface area contributed by atoms with Crippen LogP contribution < -0.4 is 0 Å². The van der Waals surface area contributed by atoms with E-state index in [1.165, 1.54) is 12.5 Å². The third-order valence-electron chi connectivity index (χ3n) is 24.5. The number of aliphatic hydroxyl groups is 18. The Morgan fingerprint density at radius 3 is 1.66 bits per heavy atom. The molecule has 7 heterocycles. The van der Waals surface area contributed by atoms with Gasteiger partial charge in [-0.25, -0.2) is 0 Å². The van der Waals surface area contributed by atoms with Crippen LogP contribution in [-0.2, 0) is 71.2 Å². The van der Waals surface area contributed by atoms with Gasteiger partial charge < -0.3 is 153 Å². The second-order valence-electron chi connectivity index (χ2n) is 29.6. The summed E-state index contributed by atoms with van der Waals surface area (Å²) >= 11 is 0. The number of hydrogen-bond donors (Lipinski definition) is 18. The summed E-state index contributed by atoms with van der Waals surface area (Å²) in [5.74, 6) is -0.154. The van der Waals surface area contributed by atoms with Crippen molar-refractivity contribution in [3.63, 3.8) is 0 Å². The predicted octanol–water partition coefficient (Wildman–Crippen LogP) is -6.61. The molecule has 0 aromatic heterocycles. The molecule has 33 nitrogen and oxygen atoms in total. The van der Waals surface area contributed by atoms with E-state index in [1.807, 2.05) is 13.8 Å². The van der Waals surface area contributed by atoms with Gasteiger partial charge in [-0.3, -0.25) is 9.59 Å². The van der Waals surface area contributed by atoms with E-state index < -0.39 is 251 Å². The average molecular weight is 1400 g/mol. The minimum absolute atomic E-state index is 0.0242. The Kier molecular flexibility index (Phi) is 22.8. The van der Waals surface area contributed by atoms with Crippen molar-refractivity contribution in [1.82, 2.24) is 0 Å². The molecule has 18 N–H and O–H groups in total. The molecule has 11 aliphatic rings. The van der Waals surface area contributed by atoms with Gasteiger partial charge in [-0.15, -0.1) is 0 Å². The van der Waals surface area contributed by atoms with Crippen LogP contribution in [0.3, 0.4) is 0 Å². The molecule has 7 aliphatic heterocycles. The van der Waals surface area contributed by atoms with Crippen molar-refractivity contribution in [2.75, 3.05) is 39.6 Å². The van der Waals surface area contributed by atoms with E-state index in [-0.39, 0.29) is 36.4 Å². The standard InChI is InChI=1S/C64H102O33/c1-8-27(69)29-15-23(2)64(97-29)16-35(71)63(7)26-9-10-34-60(4,25(26)11-14-62(63,64)6)13-12-36(61(34,5)22-68)92-55-48(83)45(80)41(76)33(91-55)21-86-57-51(38(73)28(70)20-85-57)95-59-53(96-54-47(82)43(78)37(72)24(3)87-54)50(42(77)32(19-67)90-59)93-58-52(46(81)40(75)31(18-66)89-58)94-56-49(84)44(79)39(74)30(17-65)88-56/h23-24,28-34,36-59,65-68,70,72-84H,8-22H2,1-7H3/t23-,24-,28-,29+,30-,31-,32-,33+,34-,36-,37-,38+,39-,40-,41+,42-,43-,44-,45-,46-,47+,48-,49+,50+,51-,52+,53-,54-,55+,56+,57-,58+,59-,60-,61-,62+,63-,64-/m0/s1. The molecule has 0 unspecified atom stereocenters. The minimum Gasteiger partial charge on any atom is -0.396 e. The number of carbonyl (C=O) groups is 2. The number of allylic oxidation sites excluding steroid dienone is 2. The number of hydrogen-bond acceptors (Lipinski definition) is 33. The van der Waals surface area contributed by atoms with Crippen molar-refractivity contribution in [1.29, 1.82) is 0 Å². The molecule has 0 aromatic carbocycles. The van der Waals surface area contributed by atoms with Gasteiger partial charge in [-0.1, -0.05) is 45.8 Å². The Balaban J connectivity index is 0.827. The van der Waals surface area contributed by atoms with Crippen molar-refractivity contribution in [3.8, 4) is 0 Å². The van der Waals surface area contributed by atoms with Crippen LogP contribution in [0.5, 0.6) is 0 Å². The van der Waals surface area contributed by atoms with Gasteiger partial charge in [0.15, 0.2) is 43.5 Å². The number of fused-ring (bicyclic) bond motifs is 5. The molecule has 1 spiro atoms. The predicted molar refractivity (Wildman–Crippen MR) is 318 cm³/mol. The highest BCUT2D eigenvalue weighted by molar-refractivity contribution is 5.94. The van der Waals surface area contributed by atoms with E-state index in [9.17, 15) is 102 Å². The molecule has 33 heteroatoms. The Bertz CT molecular complexity index is 2770. The van der Waals surface area contributed by atoms with Crippen LogP contribution in [0.4, 0.5) is 0 Å². The van der Waals surface area contributed by atoms with Crippen LogP contribution in [-0.4, -0.2) is 339 Å². The zero-order valence-corrected chi connectivity index (χ0v) is 55.3. The topological polar surface area (TPSA) is 518 Å². The molecule has 97 heavy (non-hydrogen) atoms. The summed E-state index contributed by atoms with van der Waals surface area (Å²) in [5, 5.41) is 199. The lowest BCUT2D eigenvalue weighted by Crippen LogP contribution is -2.69. The number of Topliss-reactive ketones (excluding diaryl/α,β-unsaturated/α-hetero) is 2. The fourth-order valence-electron chi connectivity index (χ4n) is 18.3. The SMILES string of the molecule is CCC(=O)[C@H]1C[C@H](C)[C@]2(CC(=O)[C@]3(C)C4=C(CC[C@]32C)[C@]2(C)CC[C@H](O[C@H]3O[C@H](CO[C@@H]5OC[C@H](O)[C@@H](O)[C@@H]5O[C@@H]5O[C@@H](CO)[C@H](O)[C@@H](O[C@H]6O[C@@H](CO)[C@H](O)[C@H](O)[C@H]6O[C@H]6O[C@@H](CO)[C@H](O)[C@H](O)[C@H]6O)[C@@H]5O[C@@H]5O[C@@H](C)[C@H](O)[C@H](O)[C@H]5O)[C@@H](O)[C@H](O)[C@@H]3O)[C@@](C)(CO)[C@H]2CC4)O1. The molecule has 2 saturated carbocycles. The third kappa shape index (κ3) is 12.7. The van der Waals surface area contributed by atoms with Gasteiger partial charge in [-0.2, -0.15) is 0 Å². The fourth-order valence-corrected chi connectivity index (χ4v) is 18.3. The van der Waals surface area contributed by atoms with Gasteiger partial charge in [-0.05, 0) is 76.0 Å². The first kappa shape index (κ1) is 76.0. The molecule has 556 valence electrons. The van der Waals surface area contributed by atoms with Gasteiger partial charge in [0.05, 0.1) is 62.9 Å². The van der Waals surface area contributed by atoms with Gasteiger partial charge in [0, 0.05) is 23.7 Å². The van der Waals surface area contributed by atoms with Crippen LogP contribution in [0.15, 0.2) is 11.1 Å². The lowest BCUT2D eigenvalue weighted by Gasteiger charge is -2.63. The van der Waals surface area contributed by atoms with E-state index in [1.54, 1.807) is 0 Å². The average Bonchev–Trinajstić information content (AvgIpc) is 1.54. The number of carbonyl (C=O) groups excluding carboxylic acids is 2. The third-order valence-corrected chi connectivity index (χ3v) is 24.5. The first-order valence-corrected chi connectivity index (χ1v) is 34.0. The second-order valence-corrected chi connectivity index (χ2v) is 29.6. The fraction of sp³-hybridized carbons (Fsp3) is 0.938. The van der Waals surface area contributed by atoms with Crippen LogP contribution >= 0.6 is 0 Å². The summed E-state index contributed by atoms with van der Waals surface area (Å²) in [7, 11) is 0. The lowest BCUT2D eigenvalue weighted by atomic mass is 9.42. The zero-order valence-electron chi connectivity index (χ0n) is 55.3. The van der Waals surface area contributed by atoms with Gasteiger partial charge in [0.25, 0.3) is 0 Å².